The Morgan fingerprint density at radius 2 is 1.09 bits per heavy atom. The molecular formula is C31H38O2. The van der Waals surface area contributed by atoms with E-state index in [9.17, 15) is 5.11 Å². The van der Waals surface area contributed by atoms with Crippen molar-refractivity contribution in [3.05, 3.63) is 93.5 Å². The van der Waals surface area contributed by atoms with Gasteiger partial charge in [0.15, 0.2) is 0 Å². The fourth-order valence-corrected chi connectivity index (χ4v) is 4.59. The molecule has 1 aliphatic carbocycles. The Kier molecular flexibility index (Phi) is 6.31. The lowest BCUT2D eigenvalue weighted by molar-refractivity contribution is 0.299. The number of hydrogen-bond donors (Lipinski definition) is 1. The molecule has 4 rings (SSSR count). The predicted molar refractivity (Wildman–Crippen MR) is 138 cm³/mol. The first kappa shape index (κ1) is 23.4. The normalized spacial score (nSPS) is 14.1. The standard InChI is InChI=1S/C31H38O2/c1-30(2,3)26-16-22-12-14-24-18-27(31(4,5)6)19-25(15-13-23(17-26)28(22)32)29(24)33-20-21-10-8-7-9-11-21/h7-11,16-19,32H,12-15,20H2,1-6H3. The Labute approximate surface area is 199 Å². The first-order valence-corrected chi connectivity index (χ1v) is 12.2. The van der Waals surface area contributed by atoms with Gasteiger partial charge in [-0.3, -0.25) is 0 Å². The van der Waals surface area contributed by atoms with Crippen molar-refractivity contribution in [1.29, 1.82) is 0 Å². The molecule has 0 atom stereocenters. The summed E-state index contributed by atoms with van der Waals surface area (Å²) in [5.74, 6) is 1.52. The smallest absolute Gasteiger partial charge is 0.126 e. The second kappa shape index (κ2) is 8.89. The average molecular weight is 443 g/mol. The lowest BCUT2D eigenvalue weighted by Gasteiger charge is -2.27. The molecule has 33 heavy (non-hydrogen) atoms. The molecule has 0 amide bonds. The van der Waals surface area contributed by atoms with Gasteiger partial charge in [-0.1, -0.05) is 96.1 Å². The molecular weight excluding hydrogens is 404 g/mol. The van der Waals surface area contributed by atoms with Gasteiger partial charge >= 0.3 is 0 Å². The molecule has 3 aromatic rings. The minimum Gasteiger partial charge on any atom is -0.507 e. The molecule has 0 heterocycles. The van der Waals surface area contributed by atoms with Crippen molar-refractivity contribution in [2.45, 2.75) is 84.7 Å². The minimum atomic E-state index is 0.0545. The maximum absolute atomic E-state index is 11.0. The molecule has 0 spiro atoms. The Morgan fingerprint density at radius 1 is 0.667 bits per heavy atom. The van der Waals surface area contributed by atoms with Gasteiger partial charge in [0.2, 0.25) is 0 Å². The van der Waals surface area contributed by atoms with Crippen LogP contribution < -0.4 is 4.74 Å². The summed E-state index contributed by atoms with van der Waals surface area (Å²) in [6.45, 7) is 14.1. The maximum Gasteiger partial charge on any atom is 0.126 e. The summed E-state index contributed by atoms with van der Waals surface area (Å²) in [5, 5.41) is 11.0. The van der Waals surface area contributed by atoms with Crippen LogP contribution in [0.15, 0.2) is 54.6 Å². The molecule has 3 aromatic carbocycles. The summed E-state index contributed by atoms with van der Waals surface area (Å²) in [5.41, 5.74) is 8.55. The van der Waals surface area contributed by atoms with Crippen molar-refractivity contribution in [3.63, 3.8) is 0 Å². The zero-order valence-electron chi connectivity index (χ0n) is 21.1. The van der Waals surface area contributed by atoms with E-state index in [0.29, 0.717) is 12.4 Å². The zero-order chi connectivity index (χ0) is 23.8. The van der Waals surface area contributed by atoms with Gasteiger partial charge in [0.05, 0.1) is 0 Å². The Hall–Kier alpha value is -2.74. The highest BCUT2D eigenvalue weighted by Gasteiger charge is 2.24. The number of phenols is 1. The van der Waals surface area contributed by atoms with Crippen LogP contribution in [-0.4, -0.2) is 5.11 Å². The van der Waals surface area contributed by atoms with Crippen LogP contribution >= 0.6 is 0 Å². The number of fused-ring (bicyclic) bond motifs is 4. The minimum absolute atomic E-state index is 0.0545. The summed E-state index contributed by atoms with van der Waals surface area (Å²) in [6.07, 6.45) is 3.30. The predicted octanol–water partition coefficient (Wildman–Crippen LogP) is 7.45. The van der Waals surface area contributed by atoms with Gasteiger partial charge in [-0.2, -0.15) is 0 Å². The third-order valence-electron chi connectivity index (χ3n) is 6.80. The van der Waals surface area contributed by atoms with Gasteiger partial charge in [-0.15, -0.1) is 0 Å². The molecule has 0 aliphatic heterocycles. The number of hydrogen-bond acceptors (Lipinski definition) is 2. The lowest BCUT2D eigenvalue weighted by Crippen LogP contribution is -2.16. The Bertz CT molecular complexity index is 1080. The molecule has 2 nitrogen and oxygen atoms in total. The molecule has 0 saturated heterocycles. The summed E-state index contributed by atoms with van der Waals surface area (Å²) < 4.78 is 6.51. The van der Waals surface area contributed by atoms with E-state index in [0.717, 1.165) is 42.6 Å². The molecule has 0 unspecified atom stereocenters. The van der Waals surface area contributed by atoms with Gasteiger partial charge in [0, 0.05) is 0 Å². The summed E-state index contributed by atoms with van der Waals surface area (Å²) in [4.78, 5) is 0. The fourth-order valence-electron chi connectivity index (χ4n) is 4.59. The van der Waals surface area contributed by atoms with Crippen molar-refractivity contribution >= 4 is 0 Å². The number of ether oxygens (including phenoxy) is 1. The summed E-state index contributed by atoms with van der Waals surface area (Å²) in [7, 11) is 0. The van der Waals surface area contributed by atoms with E-state index in [4.69, 9.17) is 4.74 Å². The van der Waals surface area contributed by atoms with E-state index >= 15 is 0 Å². The van der Waals surface area contributed by atoms with Crippen molar-refractivity contribution in [1.82, 2.24) is 0 Å². The highest BCUT2D eigenvalue weighted by atomic mass is 16.5. The topological polar surface area (TPSA) is 29.5 Å². The fraction of sp³-hybridized carbons (Fsp3) is 0.419. The SMILES string of the molecule is CC(C)(C)c1cc2c(O)c(c1)CCc1cc(C(C)(C)C)cc(c1OCc1ccccc1)CC2. The van der Waals surface area contributed by atoms with Crippen LogP contribution in [0, 0.1) is 0 Å². The summed E-state index contributed by atoms with van der Waals surface area (Å²) >= 11 is 0. The molecule has 1 aliphatic rings. The van der Waals surface area contributed by atoms with Crippen molar-refractivity contribution in [2.75, 3.05) is 0 Å². The molecule has 0 aromatic heterocycles. The summed E-state index contributed by atoms with van der Waals surface area (Å²) in [6, 6.07) is 19.5. The van der Waals surface area contributed by atoms with Gasteiger partial charge in [-0.05, 0) is 75.5 Å². The quantitative estimate of drug-likeness (QED) is 0.456. The third kappa shape index (κ3) is 5.27. The van der Waals surface area contributed by atoms with Crippen LogP contribution in [0.2, 0.25) is 0 Å². The number of phenolic OH excluding ortho intramolecular Hbond substituents is 1. The van der Waals surface area contributed by atoms with E-state index in [1.807, 2.05) is 6.07 Å². The molecule has 0 saturated carbocycles. The maximum atomic E-state index is 11.0. The first-order chi connectivity index (χ1) is 15.5. The van der Waals surface area contributed by atoms with Gasteiger partial charge < -0.3 is 9.84 Å². The van der Waals surface area contributed by atoms with Crippen LogP contribution in [0.4, 0.5) is 0 Å². The average Bonchev–Trinajstić information content (AvgIpc) is 2.75. The second-order valence-electron chi connectivity index (χ2n) is 11.5. The van der Waals surface area contributed by atoms with Crippen LogP contribution in [0.1, 0.15) is 80.5 Å². The van der Waals surface area contributed by atoms with Gasteiger partial charge in [0.1, 0.15) is 18.1 Å². The van der Waals surface area contributed by atoms with E-state index in [1.54, 1.807) is 0 Å². The van der Waals surface area contributed by atoms with Crippen molar-refractivity contribution in [3.8, 4) is 11.5 Å². The van der Waals surface area contributed by atoms with E-state index < -0.39 is 0 Å². The number of benzene rings is 3. The van der Waals surface area contributed by atoms with Crippen molar-refractivity contribution < 1.29 is 9.84 Å². The van der Waals surface area contributed by atoms with Gasteiger partial charge in [-0.25, -0.2) is 0 Å². The molecule has 0 fully saturated rings. The third-order valence-corrected chi connectivity index (χ3v) is 6.80. The van der Waals surface area contributed by atoms with Crippen molar-refractivity contribution in [2.24, 2.45) is 0 Å². The zero-order valence-corrected chi connectivity index (χ0v) is 21.1. The van der Waals surface area contributed by atoms with Crippen LogP contribution in [0.25, 0.3) is 0 Å². The molecule has 0 radical (unpaired) electrons. The van der Waals surface area contributed by atoms with Crippen LogP contribution in [0.3, 0.4) is 0 Å². The number of aromatic hydroxyl groups is 1. The van der Waals surface area contributed by atoms with Crippen LogP contribution in [-0.2, 0) is 43.1 Å². The number of aryl methyl sites for hydroxylation is 4. The van der Waals surface area contributed by atoms with E-state index in [-0.39, 0.29) is 10.8 Å². The lowest BCUT2D eigenvalue weighted by atomic mass is 9.80. The second-order valence-corrected chi connectivity index (χ2v) is 11.5. The molecule has 1 N–H and O–H groups in total. The Balaban J connectivity index is 1.77. The Morgan fingerprint density at radius 3 is 1.55 bits per heavy atom. The van der Waals surface area contributed by atoms with E-state index in [1.165, 1.54) is 27.8 Å². The highest BCUT2D eigenvalue weighted by Crippen LogP contribution is 2.38. The molecule has 2 heteroatoms. The first-order valence-electron chi connectivity index (χ1n) is 12.2. The number of rotatable bonds is 3. The van der Waals surface area contributed by atoms with Gasteiger partial charge in [0.25, 0.3) is 0 Å². The van der Waals surface area contributed by atoms with Crippen LogP contribution in [0.5, 0.6) is 11.5 Å². The van der Waals surface area contributed by atoms with E-state index in [2.05, 4.69) is 90.1 Å². The molecule has 174 valence electrons. The highest BCUT2D eigenvalue weighted by molar-refractivity contribution is 5.51. The monoisotopic (exact) mass is 442 g/mol. The molecule has 4 bridgehead atoms. The largest absolute Gasteiger partial charge is 0.507 e.